The van der Waals surface area contributed by atoms with Crippen molar-refractivity contribution in [1.29, 1.82) is 5.26 Å². The van der Waals surface area contributed by atoms with Crippen molar-refractivity contribution in [2.75, 3.05) is 44.2 Å². The summed E-state index contributed by atoms with van der Waals surface area (Å²) in [4.78, 5) is 20.8. The summed E-state index contributed by atoms with van der Waals surface area (Å²) < 4.78 is 26.9. The number of nitriles is 1. The Morgan fingerprint density at radius 2 is 1.84 bits per heavy atom. The summed E-state index contributed by atoms with van der Waals surface area (Å²) in [5, 5.41) is 9.01. The lowest BCUT2D eigenvalue weighted by Crippen LogP contribution is -2.51. The summed E-state index contributed by atoms with van der Waals surface area (Å²) in [5.74, 6) is -0.0937. The van der Waals surface area contributed by atoms with Crippen molar-refractivity contribution in [2.24, 2.45) is 0 Å². The van der Waals surface area contributed by atoms with Gasteiger partial charge in [-0.1, -0.05) is 6.07 Å². The average molecular weight is 442 g/mol. The summed E-state index contributed by atoms with van der Waals surface area (Å²) >= 11 is 0. The molecule has 1 aromatic carbocycles. The highest BCUT2D eigenvalue weighted by Gasteiger charge is 2.30. The third-order valence-electron chi connectivity index (χ3n) is 5.23. The van der Waals surface area contributed by atoms with Gasteiger partial charge in [0.2, 0.25) is 15.9 Å². The molecule has 1 amide bonds. The van der Waals surface area contributed by atoms with Crippen molar-refractivity contribution in [2.45, 2.75) is 25.2 Å². The largest absolute Gasteiger partial charge is 0.310 e. The van der Waals surface area contributed by atoms with Crippen molar-refractivity contribution in [3.8, 4) is 6.07 Å². The van der Waals surface area contributed by atoms with Crippen molar-refractivity contribution in [1.82, 2.24) is 14.2 Å². The first-order chi connectivity index (χ1) is 14.8. The van der Waals surface area contributed by atoms with Gasteiger partial charge in [-0.25, -0.2) is 8.42 Å². The highest BCUT2D eigenvalue weighted by atomic mass is 32.2. The highest BCUT2D eigenvalue weighted by Crippen LogP contribution is 2.21. The van der Waals surface area contributed by atoms with Crippen LogP contribution in [-0.4, -0.2) is 67.8 Å². The smallest absolute Gasteiger partial charge is 0.244 e. The van der Waals surface area contributed by atoms with Gasteiger partial charge in [0.25, 0.3) is 0 Å². The monoisotopic (exact) mass is 441 g/mol. The van der Waals surface area contributed by atoms with Crippen molar-refractivity contribution in [3.63, 3.8) is 0 Å². The van der Waals surface area contributed by atoms with Crippen LogP contribution in [0.25, 0.3) is 0 Å². The van der Waals surface area contributed by atoms with Gasteiger partial charge in [0.15, 0.2) is 0 Å². The second-order valence-corrected chi connectivity index (χ2v) is 9.61. The lowest BCUT2D eigenvalue weighted by Gasteiger charge is -2.34. The van der Waals surface area contributed by atoms with Crippen LogP contribution < -0.4 is 4.90 Å². The zero-order valence-electron chi connectivity index (χ0n) is 17.9. The van der Waals surface area contributed by atoms with Gasteiger partial charge in [-0.05, 0) is 49.2 Å². The van der Waals surface area contributed by atoms with Crippen LogP contribution >= 0.6 is 0 Å². The Kier molecular flexibility index (Phi) is 7.38. The number of sulfonamides is 1. The Hall–Kier alpha value is -2.80. The van der Waals surface area contributed by atoms with Crippen LogP contribution in [0.15, 0.2) is 47.6 Å². The van der Waals surface area contributed by atoms with E-state index in [1.54, 1.807) is 11.0 Å². The van der Waals surface area contributed by atoms with E-state index in [4.69, 9.17) is 5.26 Å². The fraction of sp³-hybridized carbons (Fsp3) is 0.409. The number of anilines is 1. The lowest BCUT2D eigenvalue weighted by atomic mass is 10.1. The third-order valence-corrected chi connectivity index (χ3v) is 7.11. The maximum atomic E-state index is 13.1. The molecule has 0 radical (unpaired) electrons. The van der Waals surface area contributed by atoms with Gasteiger partial charge in [-0.15, -0.1) is 0 Å². The van der Waals surface area contributed by atoms with E-state index in [2.05, 4.69) is 11.1 Å². The maximum Gasteiger partial charge on any atom is 0.244 e. The lowest BCUT2D eigenvalue weighted by molar-refractivity contribution is -0.120. The number of piperazine rings is 1. The minimum atomic E-state index is -3.58. The van der Waals surface area contributed by atoms with Crippen molar-refractivity contribution in [3.05, 3.63) is 53.9 Å². The average Bonchev–Trinajstić information content (AvgIpc) is 2.74. The molecule has 0 atom stereocenters. The number of pyridine rings is 1. The van der Waals surface area contributed by atoms with Crippen LogP contribution in [0.2, 0.25) is 0 Å². The number of amides is 1. The number of hydrogen-bond donors (Lipinski definition) is 0. The van der Waals surface area contributed by atoms with E-state index in [0.29, 0.717) is 32.7 Å². The number of aromatic nitrogens is 1. The number of benzene rings is 1. The number of rotatable bonds is 7. The molecule has 1 fully saturated rings. The molecular formula is C22H27N5O3S. The van der Waals surface area contributed by atoms with E-state index in [-0.39, 0.29) is 23.8 Å². The van der Waals surface area contributed by atoms with Crippen molar-refractivity contribution < 1.29 is 13.2 Å². The zero-order chi connectivity index (χ0) is 22.4. The van der Waals surface area contributed by atoms with Crippen LogP contribution in [0.4, 0.5) is 5.69 Å². The molecule has 9 heteroatoms. The minimum Gasteiger partial charge on any atom is -0.310 e. The summed E-state index contributed by atoms with van der Waals surface area (Å²) in [6.45, 7) is 6.01. The third kappa shape index (κ3) is 5.67. The first-order valence-corrected chi connectivity index (χ1v) is 11.6. The molecule has 0 unspecified atom stereocenters. The Morgan fingerprint density at radius 1 is 1.16 bits per heavy atom. The molecule has 0 spiro atoms. The molecule has 31 heavy (non-hydrogen) atoms. The molecule has 3 rings (SSSR count). The number of carbonyl (C=O) groups is 1. The first-order valence-electron chi connectivity index (χ1n) is 10.2. The van der Waals surface area contributed by atoms with Crippen molar-refractivity contribution >= 4 is 21.6 Å². The predicted molar refractivity (Wildman–Crippen MR) is 118 cm³/mol. The van der Waals surface area contributed by atoms with Crippen LogP contribution in [0.1, 0.15) is 17.5 Å². The van der Waals surface area contributed by atoms with E-state index < -0.39 is 10.0 Å². The van der Waals surface area contributed by atoms with Crippen LogP contribution in [0.5, 0.6) is 0 Å². The van der Waals surface area contributed by atoms with E-state index in [0.717, 1.165) is 16.8 Å². The standard InChI is InChI=1S/C22H27N5O3S/c1-18-13-19(2)15-20(14-18)27(8-4-6-23)22(28)17-25-9-11-26(12-10-25)31(29,30)21-5-3-7-24-16-21/h3,5,7,13-16H,4,8-12,17H2,1-2H3. The fourth-order valence-corrected chi connectivity index (χ4v) is 5.11. The summed E-state index contributed by atoms with van der Waals surface area (Å²) in [5.41, 5.74) is 2.90. The molecule has 2 aromatic rings. The van der Waals surface area contributed by atoms with Gasteiger partial charge in [-0.3, -0.25) is 14.7 Å². The van der Waals surface area contributed by atoms with Gasteiger partial charge in [0, 0.05) is 50.8 Å². The quantitative estimate of drug-likeness (QED) is 0.651. The van der Waals surface area contributed by atoms with Crippen LogP contribution in [0.3, 0.4) is 0 Å². The molecule has 0 N–H and O–H groups in total. The molecule has 1 aliphatic rings. The van der Waals surface area contributed by atoms with Crippen LogP contribution in [-0.2, 0) is 14.8 Å². The first kappa shape index (κ1) is 22.9. The number of nitrogens with zero attached hydrogens (tertiary/aromatic N) is 5. The number of aryl methyl sites for hydroxylation is 2. The summed E-state index contributed by atoms with van der Waals surface area (Å²) in [6, 6.07) is 11.2. The molecule has 0 aliphatic carbocycles. The van der Waals surface area contributed by atoms with Gasteiger partial charge in [-0.2, -0.15) is 9.57 Å². The Labute approximate surface area is 183 Å². The van der Waals surface area contributed by atoms with E-state index in [1.807, 2.05) is 36.9 Å². The molecule has 1 aliphatic heterocycles. The predicted octanol–water partition coefficient (Wildman–Crippen LogP) is 1.95. The molecule has 2 heterocycles. The fourth-order valence-electron chi connectivity index (χ4n) is 3.72. The molecule has 1 saturated heterocycles. The molecule has 1 aromatic heterocycles. The van der Waals surface area contributed by atoms with Crippen LogP contribution in [0, 0.1) is 25.2 Å². The number of carbonyl (C=O) groups excluding carboxylic acids is 1. The molecule has 164 valence electrons. The van der Waals surface area contributed by atoms with Gasteiger partial charge < -0.3 is 4.90 Å². The Morgan fingerprint density at radius 3 is 2.42 bits per heavy atom. The summed E-state index contributed by atoms with van der Waals surface area (Å²) in [7, 11) is -3.58. The van der Waals surface area contributed by atoms with E-state index >= 15 is 0 Å². The Bertz CT molecular complexity index is 1040. The molecule has 0 bridgehead atoms. The number of hydrogen-bond acceptors (Lipinski definition) is 6. The summed E-state index contributed by atoms with van der Waals surface area (Å²) in [6.07, 6.45) is 3.13. The van der Waals surface area contributed by atoms with Gasteiger partial charge in [0.05, 0.1) is 19.0 Å². The van der Waals surface area contributed by atoms with E-state index in [1.165, 1.54) is 22.8 Å². The zero-order valence-corrected chi connectivity index (χ0v) is 18.7. The maximum absolute atomic E-state index is 13.1. The topological polar surface area (TPSA) is 97.6 Å². The normalized spacial score (nSPS) is 15.4. The Balaban J connectivity index is 1.65. The second kappa shape index (κ2) is 10.0. The SMILES string of the molecule is Cc1cc(C)cc(N(CCC#N)C(=O)CN2CCN(S(=O)(=O)c3cccnc3)CC2)c1. The second-order valence-electron chi connectivity index (χ2n) is 7.67. The van der Waals surface area contributed by atoms with E-state index in [9.17, 15) is 13.2 Å². The van der Waals surface area contributed by atoms with Gasteiger partial charge in [0.1, 0.15) is 4.90 Å². The van der Waals surface area contributed by atoms with Gasteiger partial charge >= 0.3 is 0 Å². The molecule has 8 nitrogen and oxygen atoms in total. The molecular weight excluding hydrogens is 414 g/mol. The molecule has 0 saturated carbocycles. The highest BCUT2D eigenvalue weighted by molar-refractivity contribution is 7.89. The minimum absolute atomic E-state index is 0.0937.